The van der Waals surface area contributed by atoms with E-state index in [4.69, 9.17) is 0 Å². The third kappa shape index (κ3) is 2.76. The molecule has 16 heavy (non-hydrogen) atoms. The zero-order valence-electron chi connectivity index (χ0n) is 9.99. The third-order valence-electron chi connectivity index (χ3n) is 3.06. The van der Waals surface area contributed by atoms with E-state index in [0.717, 1.165) is 23.6 Å². The zero-order chi connectivity index (χ0) is 11.5. The molecule has 1 fully saturated rings. The molecule has 0 radical (unpaired) electrons. The van der Waals surface area contributed by atoms with Crippen molar-refractivity contribution in [1.29, 1.82) is 0 Å². The van der Waals surface area contributed by atoms with Crippen LogP contribution in [0.1, 0.15) is 32.3 Å². The smallest absolute Gasteiger partial charge is 0.132 e. The second kappa shape index (κ2) is 5.17. The molecular weight excluding hydrogens is 264 g/mol. The Kier molecular flexibility index (Phi) is 3.85. The molecule has 0 saturated heterocycles. The van der Waals surface area contributed by atoms with E-state index in [1.165, 1.54) is 18.4 Å². The number of alkyl halides is 1. The molecule has 1 aromatic heterocycles. The van der Waals surface area contributed by atoms with E-state index in [1.54, 1.807) is 0 Å². The molecule has 1 aromatic rings. The highest BCUT2D eigenvalue weighted by molar-refractivity contribution is 9.08. The first-order valence-electron chi connectivity index (χ1n) is 5.99. The molecule has 88 valence electrons. The van der Waals surface area contributed by atoms with Crippen molar-refractivity contribution in [3.05, 3.63) is 23.9 Å². The van der Waals surface area contributed by atoms with Gasteiger partial charge in [-0.1, -0.05) is 22.0 Å². The number of rotatable bonds is 5. The van der Waals surface area contributed by atoms with Crippen LogP contribution in [0.3, 0.4) is 0 Å². The van der Waals surface area contributed by atoms with Gasteiger partial charge in [-0.25, -0.2) is 4.98 Å². The summed E-state index contributed by atoms with van der Waals surface area (Å²) in [6.07, 6.45) is 4.67. The standard InChI is InChI=1S/C13H19BrN2/c1-10(2)16(9-11-5-6-11)13-12(8-14)4-3-7-15-13/h3-4,7,10-11H,5-6,8-9H2,1-2H3. The Bertz CT molecular complexity index is 348. The van der Waals surface area contributed by atoms with Crippen LogP contribution in [0.15, 0.2) is 18.3 Å². The minimum Gasteiger partial charge on any atom is -0.354 e. The predicted molar refractivity (Wildman–Crippen MR) is 72.1 cm³/mol. The van der Waals surface area contributed by atoms with Gasteiger partial charge in [-0.3, -0.25) is 0 Å². The summed E-state index contributed by atoms with van der Waals surface area (Å²) in [5, 5.41) is 0.879. The van der Waals surface area contributed by atoms with Gasteiger partial charge in [0, 0.05) is 29.7 Å². The quantitative estimate of drug-likeness (QED) is 0.767. The highest BCUT2D eigenvalue weighted by Gasteiger charge is 2.26. The van der Waals surface area contributed by atoms with E-state index >= 15 is 0 Å². The first-order valence-corrected chi connectivity index (χ1v) is 7.11. The van der Waals surface area contributed by atoms with Crippen LogP contribution in [0.4, 0.5) is 5.82 Å². The summed E-state index contributed by atoms with van der Waals surface area (Å²) in [4.78, 5) is 6.99. The van der Waals surface area contributed by atoms with Gasteiger partial charge in [0.1, 0.15) is 5.82 Å². The van der Waals surface area contributed by atoms with Crippen molar-refractivity contribution in [2.75, 3.05) is 11.4 Å². The van der Waals surface area contributed by atoms with E-state index < -0.39 is 0 Å². The first-order chi connectivity index (χ1) is 7.72. The number of anilines is 1. The number of hydrogen-bond donors (Lipinski definition) is 0. The van der Waals surface area contributed by atoms with Gasteiger partial charge >= 0.3 is 0 Å². The molecule has 0 bridgehead atoms. The summed E-state index contributed by atoms with van der Waals surface area (Å²) in [5.74, 6) is 2.05. The monoisotopic (exact) mass is 282 g/mol. The maximum absolute atomic E-state index is 4.55. The van der Waals surface area contributed by atoms with Gasteiger partial charge in [-0.05, 0) is 38.7 Å². The topological polar surface area (TPSA) is 16.1 Å². The largest absolute Gasteiger partial charge is 0.354 e. The van der Waals surface area contributed by atoms with Gasteiger partial charge < -0.3 is 4.90 Å². The second-order valence-corrected chi connectivity index (χ2v) is 5.37. The molecule has 0 unspecified atom stereocenters. The van der Waals surface area contributed by atoms with Crippen molar-refractivity contribution in [3.8, 4) is 0 Å². The molecule has 0 aromatic carbocycles. The Morgan fingerprint density at radius 1 is 1.50 bits per heavy atom. The Morgan fingerprint density at radius 3 is 2.81 bits per heavy atom. The summed E-state index contributed by atoms with van der Waals surface area (Å²) in [5.41, 5.74) is 1.29. The summed E-state index contributed by atoms with van der Waals surface area (Å²) >= 11 is 3.54. The van der Waals surface area contributed by atoms with Crippen molar-refractivity contribution >= 4 is 21.7 Å². The molecule has 0 amide bonds. The van der Waals surface area contributed by atoms with Gasteiger partial charge in [0.2, 0.25) is 0 Å². The van der Waals surface area contributed by atoms with E-state index in [-0.39, 0.29) is 0 Å². The zero-order valence-corrected chi connectivity index (χ0v) is 11.6. The van der Waals surface area contributed by atoms with Crippen molar-refractivity contribution in [3.63, 3.8) is 0 Å². The maximum atomic E-state index is 4.55. The number of pyridine rings is 1. The first kappa shape index (κ1) is 11.9. The molecule has 0 spiro atoms. The SMILES string of the molecule is CC(C)N(CC1CC1)c1ncccc1CBr. The Morgan fingerprint density at radius 2 is 2.25 bits per heavy atom. The second-order valence-electron chi connectivity index (χ2n) is 4.81. The van der Waals surface area contributed by atoms with Gasteiger partial charge in [-0.2, -0.15) is 0 Å². The molecule has 0 atom stereocenters. The summed E-state index contributed by atoms with van der Waals surface area (Å²) in [7, 11) is 0. The minimum absolute atomic E-state index is 0.522. The molecule has 2 nitrogen and oxygen atoms in total. The fourth-order valence-corrected chi connectivity index (χ4v) is 2.35. The van der Waals surface area contributed by atoms with Gasteiger partial charge in [0.25, 0.3) is 0 Å². The van der Waals surface area contributed by atoms with Crippen molar-refractivity contribution in [2.45, 2.75) is 38.1 Å². The summed E-state index contributed by atoms with van der Waals surface area (Å²) in [6, 6.07) is 4.68. The van der Waals surface area contributed by atoms with E-state index in [1.807, 2.05) is 12.3 Å². The molecule has 3 heteroatoms. The average molecular weight is 283 g/mol. The van der Waals surface area contributed by atoms with Gasteiger partial charge in [0.15, 0.2) is 0 Å². The number of nitrogens with zero attached hydrogens (tertiary/aromatic N) is 2. The van der Waals surface area contributed by atoms with Gasteiger partial charge in [0.05, 0.1) is 0 Å². The van der Waals surface area contributed by atoms with Crippen LogP contribution < -0.4 is 4.90 Å². The number of halogens is 1. The Balaban J connectivity index is 2.22. The summed E-state index contributed by atoms with van der Waals surface area (Å²) < 4.78 is 0. The summed E-state index contributed by atoms with van der Waals surface area (Å²) in [6.45, 7) is 5.65. The van der Waals surface area contributed by atoms with Crippen LogP contribution in [0, 0.1) is 5.92 Å². The molecule has 1 aliphatic rings. The Labute approximate surface area is 106 Å². The fourth-order valence-electron chi connectivity index (χ4n) is 1.91. The van der Waals surface area contributed by atoms with E-state index in [0.29, 0.717) is 6.04 Å². The lowest BCUT2D eigenvalue weighted by Crippen LogP contribution is -2.34. The lowest BCUT2D eigenvalue weighted by Gasteiger charge is -2.29. The molecule has 1 saturated carbocycles. The highest BCUT2D eigenvalue weighted by Crippen LogP contribution is 2.33. The molecule has 1 aliphatic carbocycles. The van der Waals surface area contributed by atoms with Crippen LogP contribution in [0.5, 0.6) is 0 Å². The third-order valence-corrected chi connectivity index (χ3v) is 3.66. The van der Waals surface area contributed by atoms with E-state index in [9.17, 15) is 0 Å². The Hall–Kier alpha value is -0.570. The highest BCUT2D eigenvalue weighted by atomic mass is 79.9. The van der Waals surface area contributed by atoms with Crippen LogP contribution in [0.25, 0.3) is 0 Å². The fraction of sp³-hybridized carbons (Fsp3) is 0.615. The van der Waals surface area contributed by atoms with Crippen LogP contribution >= 0.6 is 15.9 Å². The average Bonchev–Trinajstić information content (AvgIpc) is 3.09. The van der Waals surface area contributed by atoms with Crippen LogP contribution in [-0.2, 0) is 5.33 Å². The molecule has 0 aliphatic heterocycles. The van der Waals surface area contributed by atoms with Gasteiger partial charge in [-0.15, -0.1) is 0 Å². The predicted octanol–water partition coefficient (Wildman–Crippen LogP) is 3.60. The van der Waals surface area contributed by atoms with Crippen LogP contribution in [0.2, 0.25) is 0 Å². The maximum Gasteiger partial charge on any atom is 0.132 e. The van der Waals surface area contributed by atoms with Crippen molar-refractivity contribution in [1.82, 2.24) is 4.98 Å². The number of hydrogen-bond acceptors (Lipinski definition) is 2. The molecular formula is C13H19BrN2. The minimum atomic E-state index is 0.522. The normalized spacial score (nSPS) is 15.5. The number of aromatic nitrogens is 1. The van der Waals surface area contributed by atoms with Crippen LogP contribution in [-0.4, -0.2) is 17.6 Å². The van der Waals surface area contributed by atoms with E-state index in [2.05, 4.69) is 45.7 Å². The van der Waals surface area contributed by atoms with Crippen molar-refractivity contribution in [2.24, 2.45) is 5.92 Å². The molecule has 1 heterocycles. The lowest BCUT2D eigenvalue weighted by atomic mass is 10.2. The lowest BCUT2D eigenvalue weighted by molar-refractivity contribution is 0.635. The van der Waals surface area contributed by atoms with Crippen molar-refractivity contribution < 1.29 is 0 Å². The molecule has 0 N–H and O–H groups in total. The molecule has 2 rings (SSSR count).